The number of hydrogen-bond acceptors (Lipinski definition) is 3. The van der Waals surface area contributed by atoms with Crippen LogP contribution in [-0.2, 0) is 9.59 Å². The van der Waals surface area contributed by atoms with Gasteiger partial charge in [0.05, 0.1) is 13.0 Å². The molecule has 1 saturated heterocycles. The van der Waals surface area contributed by atoms with E-state index in [1.165, 1.54) is 0 Å². The van der Waals surface area contributed by atoms with E-state index < -0.39 is 5.97 Å². The van der Waals surface area contributed by atoms with Crippen LogP contribution in [-0.4, -0.2) is 41.4 Å². The number of carbonyl (C=O) groups excluding carboxylic acids is 1. The van der Waals surface area contributed by atoms with Crippen LogP contribution in [0.2, 0.25) is 0 Å². The lowest BCUT2D eigenvalue weighted by Crippen LogP contribution is -2.36. The highest BCUT2D eigenvalue weighted by molar-refractivity contribution is 5.81. The number of hydrogen-bond donors (Lipinski definition) is 1. The molecule has 0 atom stereocenters. The molecule has 0 aliphatic carbocycles. The van der Waals surface area contributed by atoms with Gasteiger partial charge >= 0.3 is 5.97 Å². The summed E-state index contributed by atoms with van der Waals surface area (Å²) in [5.74, 6) is -0.570. The molecule has 0 spiro atoms. The van der Waals surface area contributed by atoms with Crippen molar-refractivity contribution >= 4 is 11.8 Å². The molecule has 0 aromatic heterocycles. The molecule has 0 aromatic rings. The van der Waals surface area contributed by atoms with Crippen molar-refractivity contribution in [1.29, 1.82) is 0 Å². The van der Waals surface area contributed by atoms with Gasteiger partial charge < -0.3 is 5.11 Å². The van der Waals surface area contributed by atoms with Gasteiger partial charge in [0.15, 0.2) is 0 Å². The minimum absolute atomic E-state index is 0.132. The van der Waals surface area contributed by atoms with E-state index in [9.17, 15) is 9.59 Å². The van der Waals surface area contributed by atoms with Crippen molar-refractivity contribution < 1.29 is 14.7 Å². The smallest absolute Gasteiger partial charge is 0.304 e. The van der Waals surface area contributed by atoms with E-state index in [2.05, 4.69) is 0 Å². The van der Waals surface area contributed by atoms with Crippen molar-refractivity contribution in [1.82, 2.24) is 4.90 Å². The monoisotopic (exact) mass is 171 g/mol. The number of aliphatic carboxylic acids is 1. The second-order valence-corrected chi connectivity index (χ2v) is 3.06. The average molecular weight is 171 g/mol. The Hall–Kier alpha value is -0.900. The first kappa shape index (κ1) is 9.19. The minimum atomic E-state index is -0.798. The fourth-order valence-corrected chi connectivity index (χ4v) is 1.35. The summed E-state index contributed by atoms with van der Waals surface area (Å²) < 4.78 is 0. The summed E-state index contributed by atoms with van der Waals surface area (Å²) in [6, 6.07) is 0. The van der Waals surface area contributed by atoms with E-state index >= 15 is 0 Å². The molecule has 0 amide bonds. The summed E-state index contributed by atoms with van der Waals surface area (Å²) in [6.07, 6.45) is 1.66. The molecular formula is C8H13NO3. The normalized spacial score (nSPS) is 19.5. The summed E-state index contributed by atoms with van der Waals surface area (Å²) in [5, 5.41) is 8.40. The number of piperidine rings is 1. The number of Topliss-reactive ketones (excluding diaryl/α,β-unsaturated/α-hetero) is 1. The van der Waals surface area contributed by atoms with Gasteiger partial charge in [-0.15, -0.1) is 0 Å². The van der Waals surface area contributed by atoms with E-state index in [1.54, 1.807) is 0 Å². The lowest BCUT2D eigenvalue weighted by atomic mass is 10.1. The second kappa shape index (κ2) is 4.21. The van der Waals surface area contributed by atoms with E-state index in [4.69, 9.17) is 5.11 Å². The SMILES string of the molecule is O=C(O)CCN1CCCC(=O)C1. The third-order valence-corrected chi connectivity index (χ3v) is 1.97. The fraction of sp³-hybridized carbons (Fsp3) is 0.750. The van der Waals surface area contributed by atoms with Gasteiger partial charge in [-0.25, -0.2) is 0 Å². The van der Waals surface area contributed by atoms with E-state index in [0.717, 1.165) is 13.0 Å². The van der Waals surface area contributed by atoms with Gasteiger partial charge in [0.25, 0.3) is 0 Å². The summed E-state index contributed by atoms with van der Waals surface area (Å²) in [5.41, 5.74) is 0. The lowest BCUT2D eigenvalue weighted by molar-refractivity contribution is -0.138. The van der Waals surface area contributed by atoms with E-state index in [1.807, 2.05) is 4.90 Å². The highest BCUT2D eigenvalue weighted by Crippen LogP contribution is 2.05. The molecule has 1 aliphatic heterocycles. The molecule has 1 N–H and O–H groups in total. The van der Waals surface area contributed by atoms with E-state index in [-0.39, 0.29) is 12.2 Å². The van der Waals surface area contributed by atoms with Crippen molar-refractivity contribution in [3.05, 3.63) is 0 Å². The van der Waals surface area contributed by atoms with Crippen LogP contribution in [0.4, 0.5) is 0 Å². The third kappa shape index (κ3) is 3.00. The number of carbonyl (C=O) groups is 2. The first-order valence-corrected chi connectivity index (χ1v) is 4.14. The first-order valence-electron chi connectivity index (χ1n) is 4.14. The third-order valence-electron chi connectivity index (χ3n) is 1.97. The van der Waals surface area contributed by atoms with Crippen molar-refractivity contribution in [2.24, 2.45) is 0 Å². The predicted octanol–water partition coefficient (Wildman–Crippen LogP) is 0.126. The topological polar surface area (TPSA) is 57.6 Å². The van der Waals surface area contributed by atoms with Crippen LogP contribution in [0.15, 0.2) is 0 Å². The van der Waals surface area contributed by atoms with Gasteiger partial charge in [-0.3, -0.25) is 14.5 Å². The number of carboxylic acid groups (broad SMARTS) is 1. The number of carboxylic acids is 1. The molecule has 0 aromatic carbocycles. The second-order valence-electron chi connectivity index (χ2n) is 3.06. The maximum Gasteiger partial charge on any atom is 0.304 e. The molecule has 1 aliphatic rings. The highest BCUT2D eigenvalue weighted by atomic mass is 16.4. The molecule has 4 heteroatoms. The number of ketones is 1. The zero-order valence-corrected chi connectivity index (χ0v) is 6.95. The average Bonchev–Trinajstić information content (AvgIpc) is 2.01. The Morgan fingerprint density at radius 3 is 2.92 bits per heavy atom. The standard InChI is InChI=1S/C8H13NO3/c10-7-2-1-4-9(6-7)5-3-8(11)12/h1-6H2,(H,11,12). The Morgan fingerprint density at radius 1 is 1.58 bits per heavy atom. The molecule has 0 saturated carbocycles. The zero-order valence-electron chi connectivity index (χ0n) is 6.95. The van der Waals surface area contributed by atoms with Gasteiger partial charge in [-0.1, -0.05) is 0 Å². The largest absolute Gasteiger partial charge is 0.481 e. The van der Waals surface area contributed by atoms with Crippen LogP contribution in [0.3, 0.4) is 0 Å². The Labute approximate surface area is 71.2 Å². The molecule has 12 heavy (non-hydrogen) atoms. The van der Waals surface area contributed by atoms with Crippen LogP contribution in [0, 0.1) is 0 Å². The summed E-state index contributed by atoms with van der Waals surface area (Å²) in [7, 11) is 0. The summed E-state index contributed by atoms with van der Waals surface area (Å²) in [6.45, 7) is 1.80. The quantitative estimate of drug-likeness (QED) is 0.655. The van der Waals surface area contributed by atoms with Crippen molar-refractivity contribution in [2.75, 3.05) is 19.6 Å². The van der Waals surface area contributed by atoms with Crippen LogP contribution in [0.5, 0.6) is 0 Å². The molecule has 1 heterocycles. The number of nitrogens with zero attached hydrogens (tertiary/aromatic N) is 1. The molecular weight excluding hydrogens is 158 g/mol. The maximum absolute atomic E-state index is 10.9. The van der Waals surface area contributed by atoms with Crippen LogP contribution < -0.4 is 0 Å². The molecule has 0 radical (unpaired) electrons. The molecule has 1 fully saturated rings. The van der Waals surface area contributed by atoms with Crippen molar-refractivity contribution in [3.8, 4) is 0 Å². The molecule has 0 unspecified atom stereocenters. The Kier molecular flexibility index (Phi) is 3.22. The molecule has 0 bridgehead atoms. The summed E-state index contributed by atoms with van der Waals surface area (Å²) >= 11 is 0. The van der Waals surface area contributed by atoms with Gasteiger partial charge in [0.1, 0.15) is 5.78 Å². The summed E-state index contributed by atoms with van der Waals surface area (Å²) in [4.78, 5) is 23.0. The van der Waals surface area contributed by atoms with Gasteiger partial charge in [-0.05, 0) is 13.0 Å². The molecule has 68 valence electrons. The van der Waals surface area contributed by atoms with Crippen molar-refractivity contribution in [2.45, 2.75) is 19.3 Å². The van der Waals surface area contributed by atoms with Gasteiger partial charge in [-0.2, -0.15) is 0 Å². The number of likely N-dealkylation sites (tertiary alicyclic amines) is 1. The van der Waals surface area contributed by atoms with Crippen LogP contribution in [0.1, 0.15) is 19.3 Å². The maximum atomic E-state index is 10.9. The Balaban J connectivity index is 2.23. The highest BCUT2D eigenvalue weighted by Gasteiger charge is 2.16. The van der Waals surface area contributed by atoms with Gasteiger partial charge in [0.2, 0.25) is 0 Å². The Morgan fingerprint density at radius 2 is 2.33 bits per heavy atom. The van der Waals surface area contributed by atoms with Crippen LogP contribution >= 0.6 is 0 Å². The van der Waals surface area contributed by atoms with Crippen molar-refractivity contribution in [3.63, 3.8) is 0 Å². The predicted molar refractivity (Wildman–Crippen MR) is 42.9 cm³/mol. The first-order chi connectivity index (χ1) is 5.68. The zero-order chi connectivity index (χ0) is 8.97. The lowest BCUT2D eigenvalue weighted by Gasteiger charge is -2.24. The number of rotatable bonds is 3. The van der Waals surface area contributed by atoms with Crippen LogP contribution in [0.25, 0.3) is 0 Å². The fourth-order valence-electron chi connectivity index (χ4n) is 1.35. The minimum Gasteiger partial charge on any atom is -0.481 e. The van der Waals surface area contributed by atoms with Gasteiger partial charge in [0, 0.05) is 13.0 Å². The Bertz CT molecular complexity index is 191. The molecule has 4 nitrogen and oxygen atoms in total. The molecule has 1 rings (SSSR count). The van der Waals surface area contributed by atoms with E-state index in [0.29, 0.717) is 19.5 Å².